The number of hydrogen-bond donors (Lipinski definition) is 2. The maximum atomic E-state index is 12.8. The van der Waals surface area contributed by atoms with Gasteiger partial charge in [0.15, 0.2) is 0 Å². The highest BCUT2D eigenvalue weighted by Gasteiger charge is 2.33. The Morgan fingerprint density at radius 1 is 1.23 bits per heavy atom. The fourth-order valence-corrected chi connectivity index (χ4v) is 4.55. The number of aromatic nitrogens is 1. The summed E-state index contributed by atoms with van der Waals surface area (Å²) >= 11 is 1.26. The monoisotopic (exact) mass is 443 g/mol. The zero-order valence-electron chi connectivity index (χ0n) is 19.2. The van der Waals surface area contributed by atoms with E-state index >= 15 is 0 Å². The van der Waals surface area contributed by atoms with Crippen molar-refractivity contribution < 1.29 is 9.53 Å². The van der Waals surface area contributed by atoms with Gasteiger partial charge >= 0.3 is 0 Å². The molecule has 1 aliphatic heterocycles. The van der Waals surface area contributed by atoms with E-state index in [0.717, 1.165) is 29.2 Å². The van der Waals surface area contributed by atoms with Gasteiger partial charge in [0.1, 0.15) is 11.7 Å². The molecule has 1 saturated heterocycles. The molecular formula is C23H33N5O2S. The Balaban J connectivity index is 1.88. The van der Waals surface area contributed by atoms with Crippen LogP contribution in [0.15, 0.2) is 24.3 Å². The summed E-state index contributed by atoms with van der Waals surface area (Å²) in [4.78, 5) is 19.7. The third-order valence-electron chi connectivity index (χ3n) is 5.59. The van der Waals surface area contributed by atoms with E-state index in [0.29, 0.717) is 19.0 Å². The highest BCUT2D eigenvalue weighted by atomic mass is 32.2. The molecule has 1 aromatic heterocycles. The van der Waals surface area contributed by atoms with E-state index in [1.165, 1.54) is 22.9 Å². The second-order valence-electron chi connectivity index (χ2n) is 8.14. The molecule has 2 aromatic rings. The van der Waals surface area contributed by atoms with Gasteiger partial charge in [0.2, 0.25) is 11.0 Å². The van der Waals surface area contributed by atoms with Crippen LogP contribution >= 0.6 is 11.8 Å². The van der Waals surface area contributed by atoms with Crippen LogP contribution in [0.25, 0.3) is 0 Å². The number of pyridine rings is 1. The topological polar surface area (TPSA) is 83.7 Å². The third-order valence-corrected chi connectivity index (χ3v) is 6.26. The molecule has 31 heavy (non-hydrogen) atoms. The summed E-state index contributed by atoms with van der Waals surface area (Å²) in [6.45, 7) is 10.1. The number of nitrogens with two attached hydrogens (primary N) is 1. The van der Waals surface area contributed by atoms with Crippen molar-refractivity contribution in [3.05, 3.63) is 46.6 Å². The number of methoxy groups -OCH3 is 1. The fraction of sp³-hybridized carbons (Fsp3) is 0.478. The van der Waals surface area contributed by atoms with Gasteiger partial charge in [-0.25, -0.2) is 9.99 Å². The molecule has 3 rings (SSSR count). The normalized spacial score (nSPS) is 18.0. The first-order valence-electron chi connectivity index (χ1n) is 10.5. The molecule has 0 aliphatic carbocycles. The van der Waals surface area contributed by atoms with Crippen LogP contribution in [0.1, 0.15) is 35.3 Å². The zero-order valence-corrected chi connectivity index (χ0v) is 20.0. The highest BCUT2D eigenvalue weighted by Crippen LogP contribution is 2.30. The van der Waals surface area contributed by atoms with Crippen LogP contribution in [-0.4, -0.2) is 54.1 Å². The van der Waals surface area contributed by atoms with Gasteiger partial charge in [0.05, 0.1) is 7.11 Å². The Morgan fingerprint density at radius 2 is 1.90 bits per heavy atom. The molecule has 0 saturated carbocycles. The Labute approximate surface area is 189 Å². The summed E-state index contributed by atoms with van der Waals surface area (Å²) in [5.74, 6) is 0.494. The van der Waals surface area contributed by atoms with Gasteiger partial charge in [-0.1, -0.05) is 17.8 Å². The van der Waals surface area contributed by atoms with Gasteiger partial charge < -0.3 is 20.8 Å². The molecule has 8 heteroatoms. The molecule has 1 fully saturated rings. The second-order valence-corrected chi connectivity index (χ2v) is 8.96. The van der Waals surface area contributed by atoms with Crippen LogP contribution in [-0.2, 0) is 4.79 Å². The van der Waals surface area contributed by atoms with Crippen LogP contribution in [0.3, 0.4) is 0 Å². The number of carbonyl (C=O) groups is 1. The van der Waals surface area contributed by atoms with Crippen LogP contribution in [0.5, 0.6) is 5.88 Å². The molecular weight excluding hydrogens is 410 g/mol. The van der Waals surface area contributed by atoms with Gasteiger partial charge in [0, 0.05) is 37.1 Å². The van der Waals surface area contributed by atoms with E-state index in [4.69, 9.17) is 10.5 Å². The summed E-state index contributed by atoms with van der Waals surface area (Å²) < 4.78 is 5.50. The van der Waals surface area contributed by atoms with Crippen LogP contribution in [0.2, 0.25) is 0 Å². The highest BCUT2D eigenvalue weighted by molar-refractivity contribution is 8.13. The summed E-state index contributed by atoms with van der Waals surface area (Å²) in [5, 5.41) is 2.12. The summed E-state index contributed by atoms with van der Waals surface area (Å²) in [6, 6.07) is 8.04. The summed E-state index contributed by atoms with van der Waals surface area (Å²) in [6.07, 6.45) is 1.83. The molecule has 2 heterocycles. The fourth-order valence-electron chi connectivity index (χ4n) is 4.07. The van der Waals surface area contributed by atoms with E-state index in [9.17, 15) is 4.79 Å². The SMILES string of the molecule is COc1nc(C)c(C(C)N)cc1NN1CCN(c2cc(C)cc(C)c2)CC1C(=O)SC. The Bertz CT molecular complexity index is 930. The number of nitrogens with one attached hydrogen (secondary N) is 1. The van der Waals surface area contributed by atoms with Gasteiger partial charge in [-0.05, 0) is 68.8 Å². The first-order chi connectivity index (χ1) is 14.7. The number of piperazine rings is 1. The van der Waals surface area contributed by atoms with E-state index in [2.05, 4.69) is 47.4 Å². The first kappa shape index (κ1) is 23.4. The lowest BCUT2D eigenvalue weighted by molar-refractivity contribution is -0.115. The van der Waals surface area contributed by atoms with Gasteiger partial charge in [-0.2, -0.15) is 0 Å². The largest absolute Gasteiger partial charge is 0.479 e. The van der Waals surface area contributed by atoms with Crippen molar-refractivity contribution in [1.29, 1.82) is 0 Å². The lowest BCUT2D eigenvalue weighted by Crippen LogP contribution is -2.58. The molecule has 0 bridgehead atoms. The number of anilines is 2. The number of aryl methyl sites for hydroxylation is 3. The first-order valence-corrected chi connectivity index (χ1v) is 11.7. The van der Waals surface area contributed by atoms with E-state index in [-0.39, 0.29) is 17.2 Å². The van der Waals surface area contributed by atoms with Crippen LogP contribution in [0.4, 0.5) is 11.4 Å². The third kappa shape index (κ3) is 5.31. The molecule has 1 aliphatic rings. The molecule has 7 nitrogen and oxygen atoms in total. The molecule has 0 spiro atoms. The molecule has 0 radical (unpaired) electrons. The number of ether oxygens (including phenoxy) is 1. The zero-order chi connectivity index (χ0) is 22.7. The number of hydrazine groups is 1. The molecule has 3 N–H and O–H groups in total. The molecule has 168 valence electrons. The van der Waals surface area contributed by atoms with Gasteiger partial charge in [0.25, 0.3) is 0 Å². The minimum Gasteiger partial charge on any atom is -0.479 e. The van der Waals surface area contributed by atoms with Crippen molar-refractivity contribution >= 4 is 28.3 Å². The van der Waals surface area contributed by atoms with Crippen LogP contribution in [0, 0.1) is 20.8 Å². The van der Waals surface area contributed by atoms with E-state index in [1.807, 2.05) is 31.2 Å². The molecule has 0 amide bonds. The Kier molecular flexibility index (Phi) is 7.46. The number of nitrogens with zero attached hydrogens (tertiary/aromatic N) is 3. The quantitative estimate of drug-likeness (QED) is 0.702. The van der Waals surface area contributed by atoms with Crippen molar-refractivity contribution in [3.8, 4) is 5.88 Å². The second kappa shape index (κ2) is 9.89. The number of carbonyl (C=O) groups excluding carboxylic acids is 1. The predicted octanol–water partition coefficient (Wildman–Crippen LogP) is 3.44. The van der Waals surface area contributed by atoms with Gasteiger partial charge in [-0.3, -0.25) is 4.79 Å². The van der Waals surface area contributed by atoms with Crippen molar-refractivity contribution in [2.75, 3.05) is 43.3 Å². The summed E-state index contributed by atoms with van der Waals surface area (Å²) in [5.41, 5.74) is 15.7. The van der Waals surface area contributed by atoms with Crippen molar-refractivity contribution in [3.63, 3.8) is 0 Å². The molecule has 2 unspecified atom stereocenters. The minimum absolute atomic E-state index is 0.119. The lowest BCUT2D eigenvalue weighted by atomic mass is 10.1. The Hall–Kier alpha value is -2.29. The van der Waals surface area contributed by atoms with Gasteiger partial charge in [-0.15, -0.1) is 0 Å². The van der Waals surface area contributed by atoms with Crippen molar-refractivity contribution in [1.82, 2.24) is 9.99 Å². The maximum Gasteiger partial charge on any atom is 0.238 e. The number of rotatable bonds is 6. The smallest absolute Gasteiger partial charge is 0.238 e. The number of hydrogen-bond acceptors (Lipinski definition) is 8. The van der Waals surface area contributed by atoms with E-state index in [1.54, 1.807) is 7.11 Å². The number of benzene rings is 1. The van der Waals surface area contributed by atoms with Crippen LogP contribution < -0.4 is 20.8 Å². The molecule has 1 aromatic carbocycles. The average molecular weight is 444 g/mol. The maximum absolute atomic E-state index is 12.8. The van der Waals surface area contributed by atoms with Crippen molar-refractivity contribution in [2.45, 2.75) is 39.8 Å². The standard InChI is InChI=1S/C23H33N5O2S/c1-14-9-15(2)11-18(10-14)27-7-8-28(21(13-27)23(29)31-6)26-20-12-19(16(3)24)17(4)25-22(20)30-5/h9-12,16,21,26H,7-8,13,24H2,1-6H3. The predicted molar refractivity (Wildman–Crippen MR) is 129 cm³/mol. The number of thioether (sulfide) groups is 1. The lowest BCUT2D eigenvalue weighted by Gasteiger charge is -2.42. The Morgan fingerprint density at radius 3 is 2.48 bits per heavy atom. The van der Waals surface area contributed by atoms with Crippen molar-refractivity contribution in [2.24, 2.45) is 5.73 Å². The molecule has 2 atom stereocenters. The average Bonchev–Trinajstić information content (AvgIpc) is 2.73. The van der Waals surface area contributed by atoms with E-state index < -0.39 is 0 Å². The summed E-state index contributed by atoms with van der Waals surface area (Å²) in [7, 11) is 1.60. The minimum atomic E-state index is -0.311.